The van der Waals surface area contributed by atoms with E-state index < -0.39 is 5.82 Å². The number of anilines is 1. The van der Waals surface area contributed by atoms with Crippen LogP contribution in [-0.2, 0) is 4.79 Å². The fourth-order valence-corrected chi connectivity index (χ4v) is 4.92. The van der Waals surface area contributed by atoms with Crippen molar-refractivity contribution in [3.8, 4) is 39.8 Å². The summed E-state index contributed by atoms with van der Waals surface area (Å²) in [5.74, 6) is 0.401. The first-order valence-electron chi connectivity index (χ1n) is 11.1. The lowest BCUT2D eigenvalue weighted by Crippen LogP contribution is -2.36. The van der Waals surface area contributed by atoms with Crippen molar-refractivity contribution in [3.63, 3.8) is 0 Å². The van der Waals surface area contributed by atoms with Crippen molar-refractivity contribution in [2.45, 2.75) is 0 Å². The lowest BCUT2D eigenvalue weighted by Gasteiger charge is -2.29. The number of amides is 1. The first kappa shape index (κ1) is 24.8. The average Bonchev–Trinajstić information content (AvgIpc) is 2.91. The van der Waals surface area contributed by atoms with E-state index in [1.54, 1.807) is 24.4 Å². The minimum atomic E-state index is -0.565. The first-order chi connectivity index (χ1) is 17.9. The van der Waals surface area contributed by atoms with E-state index in [2.05, 4.69) is 16.5 Å². The zero-order valence-corrected chi connectivity index (χ0v) is 21.4. The van der Waals surface area contributed by atoms with Crippen LogP contribution in [0.15, 0.2) is 55.3 Å². The fourth-order valence-electron chi connectivity index (χ4n) is 4.21. The number of hydrogen-bond donors (Lipinski definition) is 0. The summed E-state index contributed by atoms with van der Waals surface area (Å²) in [6, 6.07) is 9.76. The van der Waals surface area contributed by atoms with Gasteiger partial charge in [-0.2, -0.15) is 0 Å². The van der Waals surface area contributed by atoms with Gasteiger partial charge in [0.1, 0.15) is 29.7 Å². The maximum Gasteiger partial charge on any atom is 0.250 e. The van der Waals surface area contributed by atoms with Crippen LogP contribution in [0.4, 0.5) is 10.1 Å². The third kappa shape index (κ3) is 4.32. The predicted octanol–water partition coefficient (Wildman–Crippen LogP) is 6.34. The van der Waals surface area contributed by atoms with E-state index in [1.165, 1.54) is 37.3 Å². The molecule has 1 amide bonds. The molecule has 188 valence electrons. The third-order valence-corrected chi connectivity index (χ3v) is 6.79. The molecule has 0 aliphatic carbocycles. The van der Waals surface area contributed by atoms with E-state index >= 15 is 4.39 Å². The van der Waals surface area contributed by atoms with Gasteiger partial charge in [0.15, 0.2) is 5.82 Å². The lowest BCUT2D eigenvalue weighted by atomic mass is 10.0. The van der Waals surface area contributed by atoms with Crippen LogP contribution in [0.2, 0.25) is 10.0 Å². The van der Waals surface area contributed by atoms with Crippen LogP contribution in [0.25, 0.3) is 33.4 Å². The predicted molar refractivity (Wildman–Crippen MR) is 142 cm³/mol. The zero-order chi connectivity index (χ0) is 26.3. The maximum atomic E-state index is 15.1. The Morgan fingerprint density at radius 3 is 2.54 bits per heavy atom. The van der Waals surface area contributed by atoms with Gasteiger partial charge < -0.3 is 19.1 Å². The van der Waals surface area contributed by atoms with E-state index in [0.717, 1.165) is 0 Å². The highest BCUT2D eigenvalue weighted by molar-refractivity contribution is 6.41. The van der Waals surface area contributed by atoms with Crippen molar-refractivity contribution >= 4 is 45.7 Å². The molecule has 10 heteroatoms. The molecule has 0 spiro atoms. The Hall–Kier alpha value is -3.88. The summed E-state index contributed by atoms with van der Waals surface area (Å²) < 4.78 is 31.3. The molecule has 0 radical (unpaired) electrons. The standard InChI is InChI=1S/C27H20Cl2FN3O4/c1-4-23(34)33-7-8-37-20-11-17(30)16(10-19(20)33)27-31-13-15-9-14(5-6-18(15)32-27)24-25(28)21(35-2)12-22(36-3)26(24)29/h4-6,9-13H,1,7-8H2,2-3H3. The van der Waals surface area contributed by atoms with Crippen LogP contribution >= 0.6 is 23.2 Å². The molecule has 0 fully saturated rings. The summed E-state index contributed by atoms with van der Waals surface area (Å²) in [5, 5.41) is 1.35. The van der Waals surface area contributed by atoms with E-state index in [9.17, 15) is 4.79 Å². The molecule has 0 unspecified atom stereocenters. The first-order valence-corrected chi connectivity index (χ1v) is 11.9. The summed E-state index contributed by atoms with van der Waals surface area (Å²) in [7, 11) is 3.01. The van der Waals surface area contributed by atoms with Crippen LogP contribution in [0.1, 0.15) is 0 Å². The van der Waals surface area contributed by atoms with Crippen molar-refractivity contribution in [1.82, 2.24) is 9.97 Å². The Bertz CT molecular complexity index is 1550. The Kier molecular flexibility index (Phi) is 6.62. The number of ether oxygens (including phenoxy) is 3. The molecule has 0 atom stereocenters. The van der Waals surface area contributed by atoms with E-state index in [-0.39, 0.29) is 29.7 Å². The number of nitrogens with zero attached hydrogens (tertiary/aromatic N) is 3. The smallest absolute Gasteiger partial charge is 0.250 e. The molecule has 4 aromatic rings. The van der Waals surface area contributed by atoms with Gasteiger partial charge in [-0.1, -0.05) is 35.8 Å². The van der Waals surface area contributed by atoms with Crippen LogP contribution in [0, 0.1) is 5.82 Å². The van der Waals surface area contributed by atoms with Crippen molar-refractivity contribution in [2.75, 3.05) is 32.3 Å². The molecule has 0 saturated heterocycles. The summed E-state index contributed by atoms with van der Waals surface area (Å²) in [4.78, 5) is 22.7. The summed E-state index contributed by atoms with van der Waals surface area (Å²) >= 11 is 13.1. The van der Waals surface area contributed by atoms with Crippen LogP contribution in [0.3, 0.4) is 0 Å². The van der Waals surface area contributed by atoms with Gasteiger partial charge in [0, 0.05) is 29.3 Å². The third-order valence-electron chi connectivity index (χ3n) is 6.04. The maximum absolute atomic E-state index is 15.1. The molecule has 2 heterocycles. The van der Waals surface area contributed by atoms with Crippen molar-refractivity contribution in [2.24, 2.45) is 0 Å². The highest BCUT2D eigenvalue weighted by atomic mass is 35.5. The van der Waals surface area contributed by atoms with Crippen molar-refractivity contribution < 1.29 is 23.4 Å². The number of halogens is 3. The van der Waals surface area contributed by atoms with Crippen molar-refractivity contribution in [3.05, 3.63) is 71.1 Å². The quantitative estimate of drug-likeness (QED) is 0.275. The number of methoxy groups -OCH3 is 2. The number of hydrogen-bond acceptors (Lipinski definition) is 6. The Morgan fingerprint density at radius 2 is 1.86 bits per heavy atom. The molecule has 5 rings (SSSR count). The molecule has 1 aliphatic heterocycles. The molecule has 0 saturated carbocycles. The van der Waals surface area contributed by atoms with Gasteiger partial charge in [-0.25, -0.2) is 14.4 Å². The van der Waals surface area contributed by atoms with Gasteiger partial charge in [0.2, 0.25) is 0 Å². The summed E-state index contributed by atoms with van der Waals surface area (Å²) in [6.45, 7) is 4.12. The molecule has 1 aromatic heterocycles. The molecular formula is C27H20Cl2FN3O4. The second-order valence-corrected chi connectivity index (χ2v) is 8.85. The van der Waals surface area contributed by atoms with Crippen LogP contribution in [-0.4, -0.2) is 43.2 Å². The minimum absolute atomic E-state index is 0.140. The molecule has 0 N–H and O–H groups in total. The van der Waals surface area contributed by atoms with E-state index in [4.69, 9.17) is 37.4 Å². The van der Waals surface area contributed by atoms with Gasteiger partial charge in [-0.3, -0.25) is 4.79 Å². The Labute approximate surface area is 222 Å². The number of rotatable bonds is 5. The Balaban J connectivity index is 1.59. The van der Waals surface area contributed by atoms with Gasteiger partial charge in [0.05, 0.1) is 47.6 Å². The molecule has 0 bridgehead atoms. The molecule has 1 aliphatic rings. The monoisotopic (exact) mass is 539 g/mol. The largest absolute Gasteiger partial charge is 0.495 e. The number of aromatic nitrogens is 2. The zero-order valence-electron chi connectivity index (χ0n) is 19.8. The average molecular weight is 540 g/mol. The molecule has 7 nitrogen and oxygen atoms in total. The number of carbonyl (C=O) groups excluding carboxylic acids is 1. The fraction of sp³-hybridized carbons (Fsp3) is 0.148. The van der Waals surface area contributed by atoms with Crippen molar-refractivity contribution in [1.29, 1.82) is 0 Å². The molecule has 3 aromatic carbocycles. The van der Waals surface area contributed by atoms with Gasteiger partial charge in [0.25, 0.3) is 5.91 Å². The number of carbonyl (C=O) groups is 1. The van der Waals surface area contributed by atoms with E-state index in [0.29, 0.717) is 55.8 Å². The second-order valence-electron chi connectivity index (χ2n) is 8.09. The number of fused-ring (bicyclic) bond motifs is 2. The van der Waals surface area contributed by atoms with Crippen LogP contribution in [0.5, 0.6) is 17.2 Å². The minimum Gasteiger partial charge on any atom is -0.495 e. The molecular weight excluding hydrogens is 520 g/mol. The topological polar surface area (TPSA) is 73.8 Å². The van der Waals surface area contributed by atoms with Gasteiger partial charge >= 0.3 is 0 Å². The van der Waals surface area contributed by atoms with Gasteiger partial charge in [-0.15, -0.1) is 0 Å². The SMILES string of the molecule is C=CC(=O)N1CCOc2cc(F)c(-c3ncc4cc(-c5c(Cl)c(OC)cc(OC)c5Cl)ccc4n3)cc21. The lowest BCUT2D eigenvalue weighted by molar-refractivity contribution is -0.114. The normalized spacial score (nSPS) is 12.6. The van der Waals surface area contributed by atoms with E-state index in [1.807, 2.05) is 6.07 Å². The number of benzene rings is 3. The Morgan fingerprint density at radius 1 is 1.14 bits per heavy atom. The highest BCUT2D eigenvalue weighted by Gasteiger charge is 2.25. The summed E-state index contributed by atoms with van der Waals surface area (Å²) in [6.07, 6.45) is 2.79. The second kappa shape index (κ2) is 9.88. The van der Waals surface area contributed by atoms with Gasteiger partial charge in [-0.05, 0) is 29.8 Å². The highest BCUT2D eigenvalue weighted by Crippen LogP contribution is 2.46. The molecule has 37 heavy (non-hydrogen) atoms. The van der Waals surface area contributed by atoms with Crippen LogP contribution < -0.4 is 19.1 Å². The summed E-state index contributed by atoms with van der Waals surface area (Å²) in [5.41, 5.74) is 2.39.